The van der Waals surface area contributed by atoms with E-state index in [9.17, 15) is 0 Å². The molecule has 0 bridgehead atoms. The third kappa shape index (κ3) is 3.01. The molecule has 2 aliphatic rings. The highest BCUT2D eigenvalue weighted by atomic mass is 16.5. The van der Waals surface area contributed by atoms with Gasteiger partial charge in [0, 0.05) is 19.3 Å². The molecule has 19 heavy (non-hydrogen) atoms. The van der Waals surface area contributed by atoms with E-state index in [4.69, 9.17) is 10.5 Å². The van der Waals surface area contributed by atoms with Crippen molar-refractivity contribution in [3.05, 3.63) is 35.4 Å². The van der Waals surface area contributed by atoms with Gasteiger partial charge >= 0.3 is 0 Å². The number of rotatable bonds is 2. The van der Waals surface area contributed by atoms with Crippen molar-refractivity contribution >= 4 is 0 Å². The summed E-state index contributed by atoms with van der Waals surface area (Å²) < 4.78 is 5.47. The Bertz CT molecular complexity index is 411. The Balaban J connectivity index is 1.72. The van der Waals surface area contributed by atoms with Gasteiger partial charge in [-0.25, -0.2) is 0 Å². The van der Waals surface area contributed by atoms with Gasteiger partial charge in [0.1, 0.15) is 0 Å². The molecule has 1 aromatic carbocycles. The minimum absolute atomic E-state index is 0.238. The number of ether oxygens (including phenoxy) is 1. The molecule has 2 nitrogen and oxygen atoms in total. The molecular formula is C17H25NO. The molecule has 2 unspecified atom stereocenters. The van der Waals surface area contributed by atoms with E-state index in [0.29, 0.717) is 5.92 Å². The van der Waals surface area contributed by atoms with Crippen molar-refractivity contribution in [2.75, 3.05) is 13.2 Å². The zero-order chi connectivity index (χ0) is 13.1. The fourth-order valence-electron chi connectivity index (χ4n) is 3.75. The highest BCUT2D eigenvalue weighted by molar-refractivity contribution is 5.31. The molecule has 1 aliphatic heterocycles. The first-order valence-corrected chi connectivity index (χ1v) is 7.75. The smallest absolute Gasteiger partial charge is 0.0468 e. The van der Waals surface area contributed by atoms with Gasteiger partial charge in [-0.05, 0) is 61.5 Å². The number of hydrogen-bond acceptors (Lipinski definition) is 2. The van der Waals surface area contributed by atoms with Crippen LogP contribution in [0.4, 0.5) is 0 Å². The molecule has 0 saturated carbocycles. The third-order valence-corrected chi connectivity index (χ3v) is 4.92. The average Bonchev–Trinajstić information content (AvgIpc) is 2.61. The van der Waals surface area contributed by atoms with E-state index < -0.39 is 0 Å². The van der Waals surface area contributed by atoms with E-state index in [0.717, 1.165) is 19.1 Å². The van der Waals surface area contributed by atoms with Crippen molar-refractivity contribution in [1.82, 2.24) is 0 Å². The molecule has 1 fully saturated rings. The molecule has 1 heterocycles. The van der Waals surface area contributed by atoms with Crippen molar-refractivity contribution in [1.29, 1.82) is 0 Å². The summed E-state index contributed by atoms with van der Waals surface area (Å²) in [5, 5.41) is 0. The first-order chi connectivity index (χ1) is 9.34. The van der Waals surface area contributed by atoms with Gasteiger partial charge < -0.3 is 10.5 Å². The fourth-order valence-corrected chi connectivity index (χ4v) is 3.75. The van der Waals surface area contributed by atoms with Gasteiger partial charge in [0.15, 0.2) is 0 Å². The molecule has 0 spiro atoms. The lowest BCUT2D eigenvalue weighted by molar-refractivity contribution is 0.0564. The number of benzene rings is 1. The molecule has 0 aromatic heterocycles. The van der Waals surface area contributed by atoms with Crippen LogP contribution in [0.5, 0.6) is 0 Å². The standard InChI is InChI=1S/C17H25NO/c18-17-15(12-13-8-10-19-11-9-13)6-3-5-14-4-1-2-7-16(14)17/h1-2,4,7,13,15,17H,3,5-6,8-12,18H2. The van der Waals surface area contributed by atoms with Gasteiger partial charge in [0.25, 0.3) is 0 Å². The summed E-state index contributed by atoms with van der Waals surface area (Å²) >= 11 is 0. The van der Waals surface area contributed by atoms with Crippen molar-refractivity contribution < 1.29 is 4.74 Å². The van der Waals surface area contributed by atoms with Gasteiger partial charge in [0.2, 0.25) is 0 Å². The summed E-state index contributed by atoms with van der Waals surface area (Å²) in [6.45, 7) is 1.90. The Morgan fingerprint density at radius 2 is 1.89 bits per heavy atom. The van der Waals surface area contributed by atoms with Crippen molar-refractivity contribution in [2.24, 2.45) is 17.6 Å². The van der Waals surface area contributed by atoms with Crippen molar-refractivity contribution in [2.45, 2.75) is 44.6 Å². The predicted octanol–water partition coefficient (Wildman–Crippen LogP) is 3.46. The van der Waals surface area contributed by atoms with E-state index >= 15 is 0 Å². The van der Waals surface area contributed by atoms with Gasteiger partial charge in [0.05, 0.1) is 0 Å². The second-order valence-corrected chi connectivity index (χ2v) is 6.17. The second kappa shape index (κ2) is 6.06. The summed E-state index contributed by atoms with van der Waals surface area (Å²) in [4.78, 5) is 0. The van der Waals surface area contributed by atoms with Crippen LogP contribution in [0.15, 0.2) is 24.3 Å². The summed E-state index contributed by atoms with van der Waals surface area (Å²) in [7, 11) is 0. The summed E-state index contributed by atoms with van der Waals surface area (Å²) in [5.41, 5.74) is 9.45. The van der Waals surface area contributed by atoms with E-state index in [1.165, 1.54) is 49.7 Å². The molecule has 2 atom stereocenters. The van der Waals surface area contributed by atoms with Crippen LogP contribution in [0, 0.1) is 11.8 Å². The molecule has 0 amide bonds. The summed E-state index contributed by atoms with van der Waals surface area (Å²) in [5.74, 6) is 1.49. The van der Waals surface area contributed by atoms with Crippen LogP contribution in [-0.4, -0.2) is 13.2 Å². The molecular weight excluding hydrogens is 234 g/mol. The first-order valence-electron chi connectivity index (χ1n) is 7.75. The second-order valence-electron chi connectivity index (χ2n) is 6.17. The van der Waals surface area contributed by atoms with E-state index in [-0.39, 0.29) is 6.04 Å². The number of aryl methyl sites for hydroxylation is 1. The van der Waals surface area contributed by atoms with Crippen LogP contribution in [0.25, 0.3) is 0 Å². The molecule has 3 rings (SSSR count). The van der Waals surface area contributed by atoms with Crippen LogP contribution in [0.3, 0.4) is 0 Å². The molecule has 1 aliphatic carbocycles. The average molecular weight is 259 g/mol. The van der Waals surface area contributed by atoms with E-state index in [2.05, 4.69) is 24.3 Å². The molecule has 2 heteroatoms. The lowest BCUT2D eigenvalue weighted by Crippen LogP contribution is -2.26. The Labute approximate surface area is 116 Å². The van der Waals surface area contributed by atoms with E-state index in [1.54, 1.807) is 0 Å². The SMILES string of the molecule is NC1c2ccccc2CCCC1CC1CCOCC1. The van der Waals surface area contributed by atoms with Gasteiger partial charge in [-0.1, -0.05) is 24.3 Å². The van der Waals surface area contributed by atoms with Gasteiger partial charge in [-0.15, -0.1) is 0 Å². The normalized spacial score (nSPS) is 28.7. The minimum Gasteiger partial charge on any atom is -0.381 e. The van der Waals surface area contributed by atoms with Crippen LogP contribution in [0.1, 0.15) is 49.3 Å². The van der Waals surface area contributed by atoms with Crippen LogP contribution < -0.4 is 5.73 Å². The highest BCUT2D eigenvalue weighted by Crippen LogP contribution is 2.37. The summed E-state index contributed by atoms with van der Waals surface area (Å²) in [6.07, 6.45) is 7.52. The van der Waals surface area contributed by atoms with Crippen LogP contribution in [0.2, 0.25) is 0 Å². The largest absolute Gasteiger partial charge is 0.381 e. The molecule has 1 saturated heterocycles. The number of hydrogen-bond donors (Lipinski definition) is 1. The zero-order valence-corrected chi connectivity index (χ0v) is 11.7. The van der Waals surface area contributed by atoms with Crippen LogP contribution >= 0.6 is 0 Å². The maximum Gasteiger partial charge on any atom is 0.0468 e. The lowest BCUT2D eigenvalue weighted by atomic mass is 9.81. The van der Waals surface area contributed by atoms with Crippen LogP contribution in [-0.2, 0) is 11.2 Å². The molecule has 0 radical (unpaired) electrons. The van der Waals surface area contributed by atoms with E-state index in [1.807, 2.05) is 0 Å². The minimum atomic E-state index is 0.238. The molecule has 104 valence electrons. The Hall–Kier alpha value is -0.860. The maximum atomic E-state index is 6.58. The first kappa shape index (κ1) is 13.1. The van der Waals surface area contributed by atoms with Gasteiger partial charge in [-0.3, -0.25) is 0 Å². The molecule has 2 N–H and O–H groups in total. The zero-order valence-electron chi connectivity index (χ0n) is 11.7. The number of nitrogens with two attached hydrogens (primary N) is 1. The Morgan fingerprint density at radius 1 is 1.11 bits per heavy atom. The summed E-state index contributed by atoms with van der Waals surface area (Å²) in [6, 6.07) is 9.01. The molecule has 1 aromatic rings. The monoisotopic (exact) mass is 259 g/mol. The lowest BCUT2D eigenvalue weighted by Gasteiger charge is -2.29. The van der Waals surface area contributed by atoms with Crippen molar-refractivity contribution in [3.8, 4) is 0 Å². The number of fused-ring (bicyclic) bond motifs is 1. The fraction of sp³-hybridized carbons (Fsp3) is 0.647. The van der Waals surface area contributed by atoms with Crippen molar-refractivity contribution in [3.63, 3.8) is 0 Å². The predicted molar refractivity (Wildman–Crippen MR) is 78.0 cm³/mol. The topological polar surface area (TPSA) is 35.2 Å². The highest BCUT2D eigenvalue weighted by Gasteiger charge is 2.27. The quantitative estimate of drug-likeness (QED) is 0.826. The van der Waals surface area contributed by atoms with Gasteiger partial charge in [-0.2, -0.15) is 0 Å². The third-order valence-electron chi connectivity index (χ3n) is 4.92. The Kier molecular flexibility index (Phi) is 4.19. The maximum absolute atomic E-state index is 6.58. The Morgan fingerprint density at radius 3 is 2.74 bits per heavy atom.